The van der Waals surface area contributed by atoms with Crippen molar-refractivity contribution in [3.63, 3.8) is 0 Å². The predicted molar refractivity (Wildman–Crippen MR) is 59.4 cm³/mol. The Kier molecular flexibility index (Phi) is 3.89. The van der Waals surface area contributed by atoms with Gasteiger partial charge < -0.3 is 24.7 Å². The van der Waals surface area contributed by atoms with Gasteiger partial charge in [-0.15, -0.1) is 0 Å². The van der Waals surface area contributed by atoms with Crippen molar-refractivity contribution < 1.29 is 33.8 Å². The molecule has 0 saturated heterocycles. The number of hydrogen-bond acceptors (Lipinski definition) is 3. The molecule has 0 aliphatic heterocycles. The van der Waals surface area contributed by atoms with Crippen molar-refractivity contribution in [2.24, 2.45) is 0 Å². The Morgan fingerprint density at radius 3 is 1.59 bits per heavy atom. The van der Waals surface area contributed by atoms with Crippen molar-refractivity contribution in [3.8, 4) is 0 Å². The monoisotopic (exact) mass is 302 g/mol. The summed E-state index contributed by atoms with van der Waals surface area (Å²) >= 11 is 5.52. The summed E-state index contributed by atoms with van der Waals surface area (Å²) in [5, 5.41) is 6.30. The average molecular weight is 303 g/mol. The molecule has 1 aromatic carbocycles. The smallest absolute Gasteiger partial charge is 0.364 e. The van der Waals surface area contributed by atoms with Crippen molar-refractivity contribution in [2.75, 3.05) is 0 Å². The number of aliphatic hydroxyl groups is 1. The molecule has 0 unspecified atom stereocenters. The molecule has 96 valence electrons. The van der Waals surface area contributed by atoms with E-state index < -0.39 is 25.8 Å². The summed E-state index contributed by atoms with van der Waals surface area (Å²) in [6, 6.07) is 4.15. The van der Waals surface area contributed by atoms with Gasteiger partial charge in [0, 0.05) is 10.6 Å². The van der Waals surface area contributed by atoms with Crippen LogP contribution in [0.25, 0.3) is 0 Å². The number of hydrogen-bond donors (Lipinski definition) is 5. The van der Waals surface area contributed by atoms with Crippen molar-refractivity contribution in [3.05, 3.63) is 34.9 Å². The third kappa shape index (κ3) is 2.62. The van der Waals surface area contributed by atoms with Gasteiger partial charge in [-0.1, -0.05) is 23.7 Å². The Balaban J connectivity index is 3.52. The molecule has 0 aliphatic carbocycles. The Morgan fingerprint density at radius 2 is 1.29 bits per heavy atom. The van der Waals surface area contributed by atoms with E-state index in [1.54, 1.807) is 0 Å². The first-order valence-corrected chi connectivity index (χ1v) is 7.70. The van der Waals surface area contributed by atoms with E-state index in [9.17, 15) is 14.2 Å². The quantitative estimate of drug-likeness (QED) is 0.521. The maximum atomic E-state index is 11.1. The molecule has 0 aliphatic rings. The van der Waals surface area contributed by atoms with Crippen LogP contribution in [0.3, 0.4) is 0 Å². The lowest BCUT2D eigenvalue weighted by Gasteiger charge is -2.29. The van der Waals surface area contributed by atoms with Crippen LogP contribution in [0.2, 0.25) is 5.02 Å². The number of rotatable bonds is 3. The predicted octanol–water partition coefficient (Wildman–Crippen LogP) is 0.798. The van der Waals surface area contributed by atoms with Crippen molar-refractivity contribution >= 4 is 26.8 Å². The first kappa shape index (κ1) is 14.8. The van der Waals surface area contributed by atoms with Gasteiger partial charge in [-0.3, -0.25) is 9.13 Å². The Morgan fingerprint density at radius 1 is 0.941 bits per heavy atom. The summed E-state index contributed by atoms with van der Waals surface area (Å²) in [5.74, 6) is 0. The zero-order valence-corrected chi connectivity index (χ0v) is 10.7. The summed E-state index contributed by atoms with van der Waals surface area (Å²) in [7, 11) is -11.0. The van der Waals surface area contributed by atoms with Gasteiger partial charge in [-0.2, -0.15) is 0 Å². The van der Waals surface area contributed by atoms with Gasteiger partial charge in [0.15, 0.2) is 0 Å². The molecule has 0 spiro atoms. The molecule has 10 heteroatoms. The van der Waals surface area contributed by atoms with E-state index in [4.69, 9.17) is 31.2 Å². The van der Waals surface area contributed by atoms with Gasteiger partial charge in [0.25, 0.3) is 5.08 Å². The largest absolute Gasteiger partial charge is 0.374 e. The van der Waals surface area contributed by atoms with Gasteiger partial charge in [-0.25, -0.2) is 0 Å². The molecular weight excluding hydrogens is 293 g/mol. The molecule has 0 aromatic heterocycles. The van der Waals surface area contributed by atoms with Gasteiger partial charge in [0.1, 0.15) is 0 Å². The first-order valence-electron chi connectivity index (χ1n) is 4.10. The van der Waals surface area contributed by atoms with Crippen LogP contribution in [0.4, 0.5) is 0 Å². The summed E-state index contributed by atoms with van der Waals surface area (Å²) in [6.07, 6.45) is 0. The lowest BCUT2D eigenvalue weighted by atomic mass is 10.2. The third-order valence-electron chi connectivity index (χ3n) is 2.04. The SMILES string of the molecule is O=P(O)(O)C(O)(c1ccc(Cl)cc1)P(=O)(O)O. The topological polar surface area (TPSA) is 135 Å². The van der Waals surface area contributed by atoms with Gasteiger partial charge in [0.2, 0.25) is 0 Å². The Hall–Kier alpha value is -0.230. The molecule has 0 amide bonds. The highest BCUT2D eigenvalue weighted by Gasteiger charge is 2.60. The lowest BCUT2D eigenvalue weighted by molar-refractivity contribution is 0.131. The van der Waals surface area contributed by atoms with E-state index in [1.165, 1.54) is 0 Å². The van der Waals surface area contributed by atoms with Crippen LogP contribution < -0.4 is 0 Å². The van der Waals surface area contributed by atoms with Crippen LogP contribution in [0.1, 0.15) is 5.56 Å². The zero-order chi connectivity index (χ0) is 13.5. The van der Waals surface area contributed by atoms with E-state index in [0.717, 1.165) is 24.3 Å². The van der Waals surface area contributed by atoms with Crippen LogP contribution >= 0.6 is 26.8 Å². The fourth-order valence-corrected chi connectivity index (χ4v) is 3.63. The molecule has 1 aromatic rings. The summed E-state index contributed by atoms with van der Waals surface area (Å²) in [4.78, 5) is 35.7. The Bertz CT molecular complexity index is 479. The first-order chi connectivity index (χ1) is 7.50. The second-order valence-corrected chi connectivity index (χ2v) is 7.49. The van der Waals surface area contributed by atoms with E-state index >= 15 is 0 Å². The van der Waals surface area contributed by atoms with Crippen molar-refractivity contribution in [2.45, 2.75) is 5.08 Å². The molecule has 1 rings (SSSR count). The maximum Gasteiger partial charge on any atom is 0.374 e. The Labute approximate surface area is 101 Å². The van der Waals surface area contributed by atoms with Crippen molar-refractivity contribution in [1.29, 1.82) is 0 Å². The van der Waals surface area contributed by atoms with E-state index in [0.29, 0.717) is 0 Å². The maximum absolute atomic E-state index is 11.1. The fourth-order valence-electron chi connectivity index (χ4n) is 1.18. The van der Waals surface area contributed by atoms with Crippen molar-refractivity contribution in [1.82, 2.24) is 0 Å². The highest BCUT2D eigenvalue weighted by molar-refractivity contribution is 7.71. The average Bonchev–Trinajstić information content (AvgIpc) is 2.14. The van der Waals surface area contributed by atoms with Crippen LogP contribution in [0.5, 0.6) is 0 Å². The molecule has 0 heterocycles. The van der Waals surface area contributed by atoms with Gasteiger partial charge in [-0.05, 0) is 12.1 Å². The normalized spacial score (nSPS) is 13.8. The minimum Gasteiger partial charge on any atom is -0.364 e. The molecule has 0 bridgehead atoms. The van der Waals surface area contributed by atoms with Gasteiger partial charge in [0.05, 0.1) is 0 Å². The number of benzene rings is 1. The van der Waals surface area contributed by atoms with Gasteiger partial charge >= 0.3 is 15.2 Å². The highest BCUT2D eigenvalue weighted by Crippen LogP contribution is 2.72. The molecule has 7 nitrogen and oxygen atoms in total. The van der Waals surface area contributed by atoms with E-state index in [2.05, 4.69) is 0 Å². The summed E-state index contributed by atoms with van der Waals surface area (Å²) in [5.41, 5.74) is -0.608. The lowest BCUT2D eigenvalue weighted by Crippen LogP contribution is -2.25. The molecule has 0 radical (unpaired) electrons. The minimum atomic E-state index is -5.50. The van der Waals surface area contributed by atoms with Crippen LogP contribution in [0.15, 0.2) is 24.3 Å². The van der Waals surface area contributed by atoms with E-state index in [-0.39, 0.29) is 5.02 Å². The molecule has 17 heavy (non-hydrogen) atoms. The molecule has 5 N–H and O–H groups in total. The zero-order valence-electron chi connectivity index (χ0n) is 8.13. The van der Waals surface area contributed by atoms with Crippen LogP contribution in [0, 0.1) is 0 Å². The second kappa shape index (κ2) is 4.46. The van der Waals surface area contributed by atoms with E-state index in [1.807, 2.05) is 0 Å². The standard InChI is InChI=1S/C7H9ClO7P2/c8-6-3-1-5(2-4-6)7(9,16(10,11)12)17(13,14)15/h1-4,9H,(H2,10,11,12)(H2,13,14,15). The summed E-state index contributed by atoms with van der Waals surface area (Å²) < 4.78 is 22.2. The molecule has 0 atom stereocenters. The minimum absolute atomic E-state index is 0.188. The van der Waals surface area contributed by atoms with Crippen LogP contribution in [-0.2, 0) is 14.2 Å². The molecule has 0 saturated carbocycles. The number of halogens is 1. The molecule has 0 fully saturated rings. The third-order valence-corrected chi connectivity index (χ3v) is 6.00. The molecular formula is C7H9ClO7P2. The summed E-state index contributed by atoms with van der Waals surface area (Å²) in [6.45, 7) is 0. The highest BCUT2D eigenvalue weighted by atomic mass is 35.5. The fraction of sp³-hybridized carbons (Fsp3) is 0.143. The second-order valence-electron chi connectivity index (χ2n) is 3.23. The van der Waals surface area contributed by atoms with Crippen LogP contribution in [-0.4, -0.2) is 24.7 Å².